The Hall–Kier alpha value is -3.51. The third-order valence-electron chi connectivity index (χ3n) is 5.14. The fourth-order valence-electron chi connectivity index (χ4n) is 3.40. The van der Waals surface area contributed by atoms with Gasteiger partial charge in [0.25, 0.3) is 11.1 Å². The van der Waals surface area contributed by atoms with Crippen molar-refractivity contribution in [2.24, 2.45) is 0 Å². The quantitative estimate of drug-likeness (QED) is 0.375. The molecule has 4 rings (SSSR count). The van der Waals surface area contributed by atoms with Crippen LogP contribution in [0.1, 0.15) is 29.2 Å². The summed E-state index contributed by atoms with van der Waals surface area (Å²) in [5, 5.41) is -0.264. The molecule has 168 valence electrons. The summed E-state index contributed by atoms with van der Waals surface area (Å²) in [6, 6.07) is 23.2. The lowest BCUT2D eigenvalue weighted by molar-refractivity contribution is -0.123. The molecule has 5 nitrogen and oxygen atoms in total. The minimum atomic E-state index is -0.284. The monoisotopic (exact) mass is 459 g/mol. The first-order valence-corrected chi connectivity index (χ1v) is 11.6. The number of aryl methyl sites for hydroxylation is 1. The number of hydrogen-bond acceptors (Lipinski definition) is 5. The van der Waals surface area contributed by atoms with Gasteiger partial charge in [0.05, 0.1) is 18.1 Å². The predicted molar refractivity (Wildman–Crippen MR) is 131 cm³/mol. The summed E-state index contributed by atoms with van der Waals surface area (Å²) in [7, 11) is 0. The van der Waals surface area contributed by atoms with E-state index in [9.17, 15) is 9.59 Å². The topological polar surface area (TPSA) is 55.8 Å². The van der Waals surface area contributed by atoms with Crippen LogP contribution in [0.4, 0.5) is 4.79 Å². The SMILES string of the molecule is CCOc1cc(/C=C2\SC(=O)N(Cc3ccc(C)cc3)C2=O)ccc1OCc1ccccc1. The second-order valence-corrected chi connectivity index (χ2v) is 8.66. The maximum Gasteiger partial charge on any atom is 0.293 e. The van der Waals surface area contributed by atoms with E-state index in [4.69, 9.17) is 9.47 Å². The summed E-state index contributed by atoms with van der Waals surface area (Å²) >= 11 is 0.956. The Kier molecular flexibility index (Phi) is 7.15. The average Bonchev–Trinajstić information content (AvgIpc) is 3.08. The van der Waals surface area contributed by atoms with Crippen LogP contribution < -0.4 is 9.47 Å². The number of amides is 2. The van der Waals surface area contributed by atoms with Gasteiger partial charge in [0.1, 0.15) is 6.61 Å². The van der Waals surface area contributed by atoms with E-state index in [1.165, 1.54) is 4.90 Å². The molecule has 3 aromatic rings. The van der Waals surface area contributed by atoms with Crippen molar-refractivity contribution < 1.29 is 19.1 Å². The minimum Gasteiger partial charge on any atom is -0.490 e. The molecule has 3 aromatic carbocycles. The molecule has 0 bridgehead atoms. The molecule has 0 aliphatic carbocycles. The Labute approximate surface area is 198 Å². The molecular formula is C27H25NO4S. The summed E-state index contributed by atoms with van der Waals surface area (Å²) < 4.78 is 11.7. The maximum absolute atomic E-state index is 12.9. The van der Waals surface area contributed by atoms with Crippen LogP contribution in [0.2, 0.25) is 0 Å². The highest BCUT2D eigenvalue weighted by molar-refractivity contribution is 8.18. The second kappa shape index (κ2) is 10.4. The smallest absolute Gasteiger partial charge is 0.293 e. The van der Waals surface area contributed by atoms with Crippen LogP contribution in [0.15, 0.2) is 77.7 Å². The first-order chi connectivity index (χ1) is 16.0. The van der Waals surface area contributed by atoms with Gasteiger partial charge in [-0.1, -0.05) is 66.2 Å². The number of carbonyl (C=O) groups is 2. The van der Waals surface area contributed by atoms with Crippen LogP contribution in [-0.2, 0) is 17.9 Å². The third-order valence-corrected chi connectivity index (χ3v) is 6.04. The van der Waals surface area contributed by atoms with Gasteiger partial charge in [-0.05, 0) is 60.5 Å². The van der Waals surface area contributed by atoms with Crippen LogP contribution >= 0.6 is 11.8 Å². The van der Waals surface area contributed by atoms with Gasteiger partial charge in [-0.2, -0.15) is 0 Å². The van der Waals surface area contributed by atoms with Crippen LogP contribution in [0.5, 0.6) is 11.5 Å². The molecule has 0 aromatic heterocycles. The largest absolute Gasteiger partial charge is 0.490 e. The molecule has 0 spiro atoms. The van der Waals surface area contributed by atoms with E-state index < -0.39 is 0 Å². The Bertz CT molecular complexity index is 1170. The zero-order valence-electron chi connectivity index (χ0n) is 18.6. The van der Waals surface area contributed by atoms with Crippen molar-refractivity contribution >= 4 is 29.0 Å². The highest BCUT2D eigenvalue weighted by Crippen LogP contribution is 2.35. The summed E-state index contributed by atoms with van der Waals surface area (Å²) in [5.74, 6) is 0.944. The van der Waals surface area contributed by atoms with Crippen molar-refractivity contribution in [2.45, 2.75) is 27.0 Å². The van der Waals surface area contributed by atoms with E-state index in [1.807, 2.05) is 86.6 Å². The van der Waals surface area contributed by atoms with Gasteiger partial charge in [0.2, 0.25) is 0 Å². The fourth-order valence-corrected chi connectivity index (χ4v) is 4.24. The highest BCUT2D eigenvalue weighted by atomic mass is 32.2. The number of rotatable bonds is 8. The molecule has 0 atom stereocenters. The predicted octanol–water partition coefficient (Wildman–Crippen LogP) is 6.21. The zero-order valence-corrected chi connectivity index (χ0v) is 19.4. The Morgan fingerprint density at radius 1 is 0.879 bits per heavy atom. The van der Waals surface area contributed by atoms with Gasteiger partial charge in [-0.3, -0.25) is 14.5 Å². The molecule has 0 N–H and O–H groups in total. The Balaban J connectivity index is 1.50. The Morgan fingerprint density at radius 2 is 1.64 bits per heavy atom. The molecule has 33 heavy (non-hydrogen) atoms. The van der Waals surface area contributed by atoms with E-state index in [0.717, 1.165) is 34.0 Å². The van der Waals surface area contributed by atoms with Crippen LogP contribution in [-0.4, -0.2) is 22.7 Å². The van der Waals surface area contributed by atoms with Crippen molar-refractivity contribution in [2.75, 3.05) is 6.61 Å². The number of carbonyl (C=O) groups excluding carboxylic acids is 2. The molecule has 1 saturated heterocycles. The number of hydrogen-bond donors (Lipinski definition) is 0. The molecule has 2 amide bonds. The summed E-state index contributed by atoms with van der Waals surface area (Å²) in [5.41, 5.74) is 3.88. The van der Waals surface area contributed by atoms with Crippen LogP contribution in [0, 0.1) is 6.92 Å². The first-order valence-electron chi connectivity index (χ1n) is 10.8. The van der Waals surface area contributed by atoms with Crippen molar-refractivity contribution in [3.8, 4) is 11.5 Å². The normalized spacial score (nSPS) is 14.7. The maximum atomic E-state index is 12.9. The van der Waals surface area contributed by atoms with Gasteiger partial charge < -0.3 is 9.47 Å². The number of imide groups is 1. The zero-order chi connectivity index (χ0) is 23.2. The highest BCUT2D eigenvalue weighted by Gasteiger charge is 2.35. The number of thioether (sulfide) groups is 1. The van der Waals surface area contributed by atoms with Crippen molar-refractivity contribution in [1.29, 1.82) is 0 Å². The van der Waals surface area contributed by atoms with E-state index >= 15 is 0 Å². The van der Waals surface area contributed by atoms with E-state index in [-0.39, 0.29) is 17.7 Å². The second-order valence-electron chi connectivity index (χ2n) is 7.67. The molecule has 1 fully saturated rings. The van der Waals surface area contributed by atoms with Gasteiger partial charge in [-0.15, -0.1) is 0 Å². The Morgan fingerprint density at radius 3 is 2.36 bits per heavy atom. The lowest BCUT2D eigenvalue weighted by atomic mass is 10.1. The lowest BCUT2D eigenvalue weighted by Gasteiger charge is -2.13. The standard InChI is InChI=1S/C27H25NO4S/c1-3-31-24-15-22(13-14-23(24)32-18-21-7-5-4-6-8-21)16-25-26(29)28(27(30)33-25)17-20-11-9-19(2)10-12-20/h4-16H,3,17-18H2,1-2H3/b25-16-. The van der Waals surface area contributed by atoms with Gasteiger partial charge in [0.15, 0.2) is 11.5 Å². The molecule has 0 unspecified atom stereocenters. The minimum absolute atomic E-state index is 0.263. The summed E-state index contributed by atoms with van der Waals surface area (Å²) in [4.78, 5) is 27.0. The number of nitrogens with zero attached hydrogens (tertiary/aromatic N) is 1. The van der Waals surface area contributed by atoms with Gasteiger partial charge in [0, 0.05) is 0 Å². The molecule has 1 aliphatic rings. The fraction of sp³-hybridized carbons (Fsp3) is 0.185. The van der Waals surface area contributed by atoms with Crippen LogP contribution in [0.3, 0.4) is 0 Å². The van der Waals surface area contributed by atoms with Gasteiger partial charge >= 0.3 is 0 Å². The van der Waals surface area contributed by atoms with E-state index in [1.54, 1.807) is 6.08 Å². The van der Waals surface area contributed by atoms with Crippen molar-refractivity contribution in [1.82, 2.24) is 4.90 Å². The number of ether oxygens (including phenoxy) is 2. The lowest BCUT2D eigenvalue weighted by Crippen LogP contribution is -2.27. The van der Waals surface area contributed by atoms with Crippen molar-refractivity contribution in [3.05, 3.63) is 100.0 Å². The molecule has 0 radical (unpaired) electrons. The molecule has 6 heteroatoms. The van der Waals surface area contributed by atoms with Crippen LogP contribution in [0.25, 0.3) is 6.08 Å². The molecular weight excluding hydrogens is 434 g/mol. The molecule has 1 heterocycles. The first kappa shape index (κ1) is 22.7. The van der Waals surface area contributed by atoms with Gasteiger partial charge in [-0.25, -0.2) is 0 Å². The van der Waals surface area contributed by atoms with Crippen molar-refractivity contribution in [3.63, 3.8) is 0 Å². The van der Waals surface area contributed by atoms with E-state index in [0.29, 0.717) is 29.6 Å². The molecule has 0 saturated carbocycles. The number of benzene rings is 3. The summed E-state index contributed by atoms with van der Waals surface area (Å²) in [6.07, 6.45) is 1.73. The average molecular weight is 460 g/mol. The third kappa shape index (κ3) is 5.65. The summed E-state index contributed by atoms with van der Waals surface area (Å²) in [6.45, 7) is 5.08. The molecule has 1 aliphatic heterocycles. The van der Waals surface area contributed by atoms with E-state index in [2.05, 4.69) is 0 Å².